The van der Waals surface area contributed by atoms with Crippen molar-refractivity contribution in [2.45, 2.75) is 31.7 Å². The van der Waals surface area contributed by atoms with E-state index < -0.39 is 0 Å². The largest absolute Gasteiger partial charge is 0.381 e. The van der Waals surface area contributed by atoms with Crippen molar-refractivity contribution in [1.82, 2.24) is 15.1 Å². The molecule has 29 heavy (non-hydrogen) atoms. The van der Waals surface area contributed by atoms with Crippen molar-refractivity contribution in [2.75, 3.05) is 38.2 Å². The lowest BCUT2D eigenvalue weighted by molar-refractivity contribution is 0.0545. The molecule has 2 aliphatic heterocycles. The van der Waals surface area contributed by atoms with Gasteiger partial charge >= 0.3 is 0 Å². The number of hydrogen-bond acceptors (Lipinski definition) is 5. The van der Waals surface area contributed by atoms with Gasteiger partial charge in [-0.3, -0.25) is 0 Å². The van der Waals surface area contributed by atoms with Gasteiger partial charge in [-0.1, -0.05) is 29.8 Å². The molecule has 5 nitrogen and oxygen atoms in total. The summed E-state index contributed by atoms with van der Waals surface area (Å²) in [6.07, 6.45) is 4.95. The normalized spacial score (nSPS) is 27.8. The molecular weight excluding hydrogens is 384 g/mol. The van der Waals surface area contributed by atoms with Crippen molar-refractivity contribution in [2.24, 2.45) is 17.8 Å². The van der Waals surface area contributed by atoms with Crippen LogP contribution in [0.2, 0.25) is 5.02 Å². The molecule has 3 heterocycles. The number of nitrogens with zero attached hydrogens (tertiary/aromatic N) is 3. The maximum atomic E-state index is 6.27. The van der Waals surface area contributed by atoms with E-state index >= 15 is 0 Å². The Labute approximate surface area is 177 Å². The van der Waals surface area contributed by atoms with Crippen LogP contribution in [0.4, 0.5) is 5.82 Å². The van der Waals surface area contributed by atoms with Gasteiger partial charge in [-0.05, 0) is 61.6 Å². The fourth-order valence-corrected chi connectivity index (χ4v) is 5.62. The topological polar surface area (TPSA) is 50.3 Å². The summed E-state index contributed by atoms with van der Waals surface area (Å²) >= 11 is 6.27. The predicted octanol–water partition coefficient (Wildman–Crippen LogP) is 4.35. The van der Waals surface area contributed by atoms with Gasteiger partial charge in [-0.15, -0.1) is 10.2 Å². The van der Waals surface area contributed by atoms with Crippen molar-refractivity contribution in [3.63, 3.8) is 0 Å². The van der Waals surface area contributed by atoms with E-state index in [1.165, 1.54) is 45.3 Å². The average molecular weight is 413 g/mol. The number of benzene rings is 1. The first-order valence-corrected chi connectivity index (χ1v) is 11.3. The van der Waals surface area contributed by atoms with Crippen molar-refractivity contribution in [3.05, 3.63) is 41.4 Å². The van der Waals surface area contributed by atoms with Gasteiger partial charge in [0.2, 0.25) is 0 Å². The fraction of sp³-hybridized carbons (Fsp3) is 0.565. The van der Waals surface area contributed by atoms with Gasteiger partial charge in [-0.2, -0.15) is 0 Å². The molecule has 2 aromatic rings. The zero-order valence-electron chi connectivity index (χ0n) is 16.8. The summed E-state index contributed by atoms with van der Waals surface area (Å²) in [6, 6.07) is 12.3. The molecule has 1 aliphatic carbocycles. The summed E-state index contributed by atoms with van der Waals surface area (Å²) in [4.78, 5) is 2.71. The molecule has 3 atom stereocenters. The molecule has 1 unspecified atom stereocenters. The zero-order valence-corrected chi connectivity index (χ0v) is 17.5. The zero-order chi connectivity index (χ0) is 19.6. The summed E-state index contributed by atoms with van der Waals surface area (Å²) in [7, 11) is 0. The molecule has 5 rings (SSSR count). The number of nitrogens with one attached hydrogen (secondary N) is 1. The third-order valence-electron chi connectivity index (χ3n) is 6.85. The lowest BCUT2D eigenvalue weighted by Crippen LogP contribution is -2.32. The third kappa shape index (κ3) is 4.42. The minimum Gasteiger partial charge on any atom is -0.381 e. The van der Waals surface area contributed by atoms with Gasteiger partial charge in [0, 0.05) is 44.5 Å². The Bertz CT molecular complexity index is 810. The Kier molecular flexibility index (Phi) is 5.71. The van der Waals surface area contributed by atoms with Crippen molar-refractivity contribution < 1.29 is 4.74 Å². The van der Waals surface area contributed by atoms with Crippen LogP contribution >= 0.6 is 11.6 Å². The number of anilines is 1. The molecule has 1 saturated carbocycles. The van der Waals surface area contributed by atoms with Gasteiger partial charge in [-0.25, -0.2) is 0 Å². The molecule has 1 aromatic heterocycles. The number of fused-ring (bicyclic) bond motifs is 1. The quantitative estimate of drug-likeness (QED) is 0.791. The molecule has 6 heteroatoms. The second-order valence-electron chi connectivity index (χ2n) is 8.89. The SMILES string of the molecule is Clc1ccccc1-c1ccc(NC2C[C@@H]3CN(CC4CCOCC4)C[C@@H]3C2)nn1. The Morgan fingerprint density at radius 1 is 1.00 bits per heavy atom. The Morgan fingerprint density at radius 3 is 2.45 bits per heavy atom. The lowest BCUT2D eigenvalue weighted by Gasteiger charge is -2.27. The van der Waals surface area contributed by atoms with Gasteiger partial charge < -0.3 is 15.0 Å². The number of aromatic nitrogens is 2. The highest BCUT2D eigenvalue weighted by Crippen LogP contribution is 2.39. The number of ether oxygens (including phenoxy) is 1. The molecule has 0 bridgehead atoms. The van der Waals surface area contributed by atoms with Gasteiger partial charge in [0.1, 0.15) is 5.82 Å². The van der Waals surface area contributed by atoms with Crippen LogP contribution in [0.25, 0.3) is 11.3 Å². The minimum absolute atomic E-state index is 0.510. The van der Waals surface area contributed by atoms with Crippen LogP contribution in [0.3, 0.4) is 0 Å². The monoisotopic (exact) mass is 412 g/mol. The molecule has 1 aromatic carbocycles. The van der Waals surface area contributed by atoms with Gasteiger partial charge in [0.15, 0.2) is 0 Å². The van der Waals surface area contributed by atoms with Crippen LogP contribution in [0.5, 0.6) is 0 Å². The van der Waals surface area contributed by atoms with Crippen LogP contribution in [-0.4, -0.2) is 54.0 Å². The van der Waals surface area contributed by atoms with E-state index in [1.807, 2.05) is 36.4 Å². The minimum atomic E-state index is 0.510. The lowest BCUT2D eigenvalue weighted by atomic mass is 10.00. The maximum absolute atomic E-state index is 6.27. The van der Waals surface area contributed by atoms with Crippen molar-refractivity contribution >= 4 is 17.4 Å². The van der Waals surface area contributed by atoms with Crippen LogP contribution in [-0.2, 0) is 4.74 Å². The van der Waals surface area contributed by atoms with Crippen LogP contribution in [0.1, 0.15) is 25.7 Å². The van der Waals surface area contributed by atoms with E-state index in [9.17, 15) is 0 Å². The number of halogens is 1. The second kappa shape index (κ2) is 8.58. The number of rotatable bonds is 5. The van der Waals surface area contributed by atoms with E-state index in [0.29, 0.717) is 11.1 Å². The first kappa shape index (κ1) is 19.3. The van der Waals surface area contributed by atoms with E-state index in [4.69, 9.17) is 16.3 Å². The summed E-state index contributed by atoms with van der Waals surface area (Å²) in [6.45, 7) is 5.69. The highest BCUT2D eigenvalue weighted by atomic mass is 35.5. The summed E-state index contributed by atoms with van der Waals surface area (Å²) in [5.74, 6) is 3.35. The van der Waals surface area contributed by atoms with Crippen molar-refractivity contribution in [3.8, 4) is 11.3 Å². The molecule has 0 amide bonds. The molecular formula is C23H29ClN4O. The molecule has 3 fully saturated rings. The summed E-state index contributed by atoms with van der Waals surface area (Å²) in [5, 5.41) is 13.1. The highest BCUT2D eigenvalue weighted by Gasteiger charge is 2.41. The summed E-state index contributed by atoms with van der Waals surface area (Å²) < 4.78 is 5.50. The number of likely N-dealkylation sites (tertiary alicyclic amines) is 1. The van der Waals surface area contributed by atoms with Crippen LogP contribution in [0.15, 0.2) is 36.4 Å². The predicted molar refractivity (Wildman–Crippen MR) is 116 cm³/mol. The molecule has 3 aliphatic rings. The second-order valence-corrected chi connectivity index (χ2v) is 9.30. The van der Waals surface area contributed by atoms with Gasteiger partial charge in [0.05, 0.1) is 10.7 Å². The molecule has 0 radical (unpaired) electrons. The first-order chi connectivity index (χ1) is 14.2. The van der Waals surface area contributed by atoms with E-state index in [2.05, 4.69) is 20.4 Å². The molecule has 1 N–H and O–H groups in total. The van der Waals surface area contributed by atoms with E-state index in [0.717, 1.165) is 48.0 Å². The first-order valence-electron chi connectivity index (χ1n) is 10.9. The summed E-state index contributed by atoms with van der Waals surface area (Å²) in [5.41, 5.74) is 1.74. The maximum Gasteiger partial charge on any atom is 0.148 e. The van der Waals surface area contributed by atoms with E-state index in [-0.39, 0.29) is 0 Å². The Morgan fingerprint density at radius 2 is 1.76 bits per heavy atom. The smallest absolute Gasteiger partial charge is 0.148 e. The molecule has 0 spiro atoms. The van der Waals surface area contributed by atoms with Crippen LogP contribution in [0, 0.1) is 17.8 Å². The third-order valence-corrected chi connectivity index (χ3v) is 7.18. The average Bonchev–Trinajstić information content (AvgIpc) is 3.28. The fourth-order valence-electron chi connectivity index (χ4n) is 5.39. The van der Waals surface area contributed by atoms with E-state index in [1.54, 1.807) is 0 Å². The highest BCUT2D eigenvalue weighted by molar-refractivity contribution is 6.33. The Hall–Kier alpha value is -1.69. The van der Waals surface area contributed by atoms with Crippen LogP contribution < -0.4 is 5.32 Å². The number of hydrogen-bond donors (Lipinski definition) is 1. The molecule has 154 valence electrons. The Balaban J connectivity index is 1.13. The standard InChI is InChI=1S/C23H29ClN4O/c24-21-4-2-1-3-20(21)22-5-6-23(27-26-22)25-19-11-17-14-28(15-18(17)12-19)13-16-7-9-29-10-8-16/h1-6,16-19H,7-15H2,(H,25,27)/t17-,18+,19?. The molecule has 2 saturated heterocycles. The van der Waals surface area contributed by atoms with Crippen molar-refractivity contribution in [1.29, 1.82) is 0 Å². The van der Waals surface area contributed by atoms with Gasteiger partial charge in [0.25, 0.3) is 0 Å².